The highest BCUT2D eigenvalue weighted by Gasteiger charge is 2.31. The summed E-state index contributed by atoms with van der Waals surface area (Å²) in [6, 6.07) is 15.1. The zero-order chi connectivity index (χ0) is 26.3. The summed E-state index contributed by atoms with van der Waals surface area (Å²) >= 11 is 0. The van der Waals surface area contributed by atoms with Crippen LogP contribution >= 0.6 is 0 Å². The maximum absolute atomic E-state index is 15.2. The Bertz CT molecular complexity index is 1180. The van der Waals surface area contributed by atoms with Crippen LogP contribution < -0.4 is 4.74 Å². The molecule has 0 saturated carbocycles. The number of aryl methyl sites for hydroxylation is 3. The minimum absolute atomic E-state index is 0.207. The zero-order valence-electron chi connectivity index (χ0n) is 20.9. The highest BCUT2D eigenvalue weighted by Crippen LogP contribution is 2.27. The quantitative estimate of drug-likeness (QED) is 0.202. The Morgan fingerprint density at radius 1 is 0.892 bits per heavy atom. The normalized spacial score (nSPS) is 18.5. The van der Waals surface area contributed by atoms with Crippen LogP contribution in [0.25, 0.3) is 10.8 Å². The van der Waals surface area contributed by atoms with Crippen molar-refractivity contribution < 1.29 is 31.8 Å². The fourth-order valence-electron chi connectivity index (χ4n) is 4.57. The fraction of sp³-hybridized carbons (Fsp3) is 0.400. The average molecular weight is 517 g/mol. The molecule has 0 aromatic heterocycles. The summed E-state index contributed by atoms with van der Waals surface area (Å²) in [5, 5.41) is 1.39. The number of allylic oxidation sites excluding steroid dienone is 2. The van der Waals surface area contributed by atoms with Crippen LogP contribution in [0.1, 0.15) is 42.9 Å². The molecule has 0 N–H and O–H groups in total. The Balaban J connectivity index is 1.29. The second-order valence-corrected chi connectivity index (χ2v) is 9.43. The molecule has 3 aromatic rings. The van der Waals surface area contributed by atoms with Crippen molar-refractivity contribution in [1.29, 1.82) is 0 Å². The van der Waals surface area contributed by atoms with Crippen LogP contribution in [0.5, 0.6) is 5.75 Å². The first kappa shape index (κ1) is 27.1. The first-order chi connectivity index (χ1) is 17.8. The van der Waals surface area contributed by atoms with Crippen molar-refractivity contribution in [2.24, 2.45) is 5.92 Å². The highest BCUT2D eigenvalue weighted by molar-refractivity contribution is 5.84. The van der Waals surface area contributed by atoms with Crippen LogP contribution in [-0.2, 0) is 28.7 Å². The smallest absolute Gasteiger partial charge is 0.406 e. The van der Waals surface area contributed by atoms with Gasteiger partial charge in [0.25, 0.3) is 0 Å². The van der Waals surface area contributed by atoms with E-state index in [4.69, 9.17) is 9.47 Å². The summed E-state index contributed by atoms with van der Waals surface area (Å²) in [7, 11) is 0. The van der Waals surface area contributed by atoms with E-state index in [2.05, 4.69) is 16.9 Å². The molecule has 0 unspecified atom stereocenters. The van der Waals surface area contributed by atoms with Gasteiger partial charge in [-0.05, 0) is 73.2 Å². The van der Waals surface area contributed by atoms with Gasteiger partial charge in [-0.2, -0.15) is 0 Å². The van der Waals surface area contributed by atoms with Gasteiger partial charge in [-0.3, -0.25) is 0 Å². The van der Waals surface area contributed by atoms with E-state index in [9.17, 15) is 13.2 Å². The SMILES string of the molecule is C/C=C/CCC1COC(CCc2ccc3c(F)c(CCc4ccc(OC(F)(F)F)cc4)ccc3c2)OC1. The molecule has 0 atom stereocenters. The minimum Gasteiger partial charge on any atom is -0.406 e. The second kappa shape index (κ2) is 12.6. The largest absolute Gasteiger partial charge is 0.573 e. The van der Waals surface area contributed by atoms with Crippen molar-refractivity contribution in [1.82, 2.24) is 0 Å². The molecule has 4 rings (SSSR count). The van der Waals surface area contributed by atoms with Gasteiger partial charge in [0.05, 0.1) is 13.2 Å². The fourth-order valence-corrected chi connectivity index (χ4v) is 4.57. The van der Waals surface area contributed by atoms with Gasteiger partial charge in [0.15, 0.2) is 6.29 Å². The Hall–Kier alpha value is -2.90. The van der Waals surface area contributed by atoms with Crippen LogP contribution in [0.15, 0.2) is 66.7 Å². The van der Waals surface area contributed by atoms with Gasteiger partial charge in [-0.25, -0.2) is 4.39 Å². The van der Waals surface area contributed by atoms with Gasteiger partial charge >= 0.3 is 6.36 Å². The third-order valence-electron chi connectivity index (χ3n) is 6.62. The lowest BCUT2D eigenvalue weighted by Gasteiger charge is -2.29. The van der Waals surface area contributed by atoms with Gasteiger partial charge in [0.2, 0.25) is 0 Å². The molecular weight excluding hydrogens is 484 g/mol. The van der Waals surface area contributed by atoms with E-state index in [1.54, 1.807) is 18.2 Å². The molecule has 0 spiro atoms. The summed E-state index contributed by atoms with van der Waals surface area (Å²) in [6.45, 7) is 3.47. The Kier molecular flexibility index (Phi) is 9.22. The highest BCUT2D eigenvalue weighted by atomic mass is 19.4. The first-order valence-electron chi connectivity index (χ1n) is 12.7. The summed E-state index contributed by atoms with van der Waals surface area (Å²) in [5.74, 6) is -0.0909. The van der Waals surface area contributed by atoms with E-state index >= 15 is 4.39 Å². The predicted molar refractivity (Wildman–Crippen MR) is 136 cm³/mol. The molecule has 3 aromatic carbocycles. The van der Waals surface area contributed by atoms with Gasteiger partial charge in [-0.15, -0.1) is 13.2 Å². The molecule has 0 radical (unpaired) electrons. The minimum atomic E-state index is -4.72. The van der Waals surface area contributed by atoms with Crippen molar-refractivity contribution in [2.75, 3.05) is 13.2 Å². The third kappa shape index (κ3) is 8.04. The number of alkyl halides is 3. The third-order valence-corrected chi connectivity index (χ3v) is 6.62. The molecule has 1 saturated heterocycles. The number of ether oxygens (including phenoxy) is 3. The Morgan fingerprint density at radius 3 is 2.32 bits per heavy atom. The molecule has 1 fully saturated rings. The first-order valence-corrected chi connectivity index (χ1v) is 12.7. The lowest BCUT2D eigenvalue weighted by molar-refractivity contribution is -0.274. The van der Waals surface area contributed by atoms with Gasteiger partial charge in [-0.1, -0.05) is 54.6 Å². The molecule has 3 nitrogen and oxygen atoms in total. The molecular formula is C30H32F4O3. The van der Waals surface area contributed by atoms with Gasteiger partial charge in [0.1, 0.15) is 11.6 Å². The molecule has 1 heterocycles. The summed E-state index contributed by atoms with van der Waals surface area (Å²) in [5.41, 5.74) is 2.48. The van der Waals surface area contributed by atoms with Crippen molar-refractivity contribution in [2.45, 2.75) is 58.1 Å². The molecule has 1 aliphatic rings. The van der Waals surface area contributed by atoms with Crippen molar-refractivity contribution in [3.63, 3.8) is 0 Å². The molecule has 37 heavy (non-hydrogen) atoms. The standard InChI is InChI=1S/C30H32F4O3/c1-2-3-4-5-23-19-35-28(36-20-23)17-10-22-9-16-27-25(18-22)13-12-24(29(27)31)11-6-21-7-14-26(15-8-21)37-30(32,33)34/h2-3,7-9,12-16,18,23,28H,4-6,10-11,17,19-20H2,1H3/b3-2+. The van der Waals surface area contributed by atoms with Gasteiger partial charge in [0, 0.05) is 17.7 Å². The van der Waals surface area contributed by atoms with Crippen LogP contribution in [-0.4, -0.2) is 25.9 Å². The van der Waals surface area contributed by atoms with Crippen LogP contribution in [0, 0.1) is 11.7 Å². The Morgan fingerprint density at radius 2 is 1.62 bits per heavy atom. The van der Waals surface area contributed by atoms with Crippen LogP contribution in [0.4, 0.5) is 17.6 Å². The lowest BCUT2D eigenvalue weighted by Crippen LogP contribution is -2.32. The number of rotatable bonds is 10. The van der Waals surface area contributed by atoms with Crippen LogP contribution in [0.3, 0.4) is 0 Å². The monoisotopic (exact) mass is 516 g/mol. The molecule has 0 amide bonds. The van der Waals surface area contributed by atoms with E-state index < -0.39 is 6.36 Å². The summed E-state index contributed by atoms with van der Waals surface area (Å²) in [6.07, 6.45) is 3.88. The number of halogens is 4. The molecule has 7 heteroatoms. The number of benzene rings is 3. The van der Waals surface area contributed by atoms with Crippen molar-refractivity contribution >= 4 is 10.8 Å². The summed E-state index contributed by atoms with van der Waals surface area (Å²) < 4.78 is 67.8. The molecule has 1 aliphatic heterocycles. The second-order valence-electron chi connectivity index (χ2n) is 9.43. The van der Waals surface area contributed by atoms with Crippen LogP contribution in [0.2, 0.25) is 0 Å². The lowest BCUT2D eigenvalue weighted by atomic mass is 9.98. The van der Waals surface area contributed by atoms with E-state index in [0.717, 1.165) is 55.4 Å². The average Bonchev–Trinajstić information content (AvgIpc) is 2.88. The topological polar surface area (TPSA) is 27.7 Å². The maximum atomic E-state index is 15.2. The van der Waals surface area contributed by atoms with E-state index in [1.165, 1.54) is 12.1 Å². The van der Waals surface area contributed by atoms with Gasteiger partial charge < -0.3 is 14.2 Å². The van der Waals surface area contributed by atoms with E-state index in [0.29, 0.717) is 29.7 Å². The molecule has 0 aliphatic carbocycles. The zero-order valence-corrected chi connectivity index (χ0v) is 20.9. The number of fused-ring (bicyclic) bond motifs is 1. The van der Waals surface area contributed by atoms with E-state index in [1.807, 2.05) is 31.2 Å². The van der Waals surface area contributed by atoms with Crippen molar-refractivity contribution in [3.05, 3.63) is 89.3 Å². The number of hydrogen-bond acceptors (Lipinski definition) is 3. The predicted octanol–water partition coefficient (Wildman–Crippen LogP) is 7.94. The summed E-state index contributed by atoms with van der Waals surface area (Å²) in [4.78, 5) is 0. The maximum Gasteiger partial charge on any atom is 0.573 e. The molecule has 0 bridgehead atoms. The molecule has 198 valence electrons. The van der Waals surface area contributed by atoms with E-state index in [-0.39, 0.29) is 17.9 Å². The Labute approximate surface area is 215 Å². The van der Waals surface area contributed by atoms with Crippen molar-refractivity contribution in [3.8, 4) is 5.75 Å². The number of hydrogen-bond donors (Lipinski definition) is 0.